The Morgan fingerprint density at radius 2 is 2.12 bits per heavy atom. The average molecular weight is 215 g/mol. The Bertz CT molecular complexity index is 363. The molecule has 1 N–H and O–H groups in total. The van der Waals surface area contributed by atoms with E-state index in [1.165, 1.54) is 5.56 Å². The van der Waals surface area contributed by atoms with E-state index in [0.717, 1.165) is 19.5 Å². The van der Waals surface area contributed by atoms with Crippen molar-refractivity contribution in [3.8, 4) is 6.07 Å². The number of likely N-dealkylation sites (tertiary alicyclic amines) is 1. The molecule has 1 unspecified atom stereocenters. The SMILES string of the molecule is CNC1CN(C(C#N)Cc2ccccc2)C1. The molecular formula is C13H17N3. The molecule has 16 heavy (non-hydrogen) atoms. The first-order valence-corrected chi connectivity index (χ1v) is 5.68. The van der Waals surface area contributed by atoms with Crippen molar-refractivity contribution in [2.24, 2.45) is 0 Å². The normalized spacial score (nSPS) is 18.8. The fourth-order valence-corrected chi connectivity index (χ4v) is 2.04. The van der Waals surface area contributed by atoms with Gasteiger partial charge in [0, 0.05) is 25.6 Å². The van der Waals surface area contributed by atoms with E-state index in [-0.39, 0.29) is 6.04 Å². The van der Waals surface area contributed by atoms with Crippen LogP contribution < -0.4 is 5.32 Å². The van der Waals surface area contributed by atoms with Gasteiger partial charge in [-0.25, -0.2) is 0 Å². The van der Waals surface area contributed by atoms with E-state index in [1.807, 2.05) is 25.2 Å². The molecule has 1 aliphatic heterocycles. The zero-order chi connectivity index (χ0) is 11.4. The second-order valence-corrected chi connectivity index (χ2v) is 4.27. The molecule has 0 spiro atoms. The molecular weight excluding hydrogens is 198 g/mol. The number of likely N-dealkylation sites (N-methyl/N-ethyl adjacent to an activating group) is 1. The molecule has 84 valence electrons. The summed E-state index contributed by atoms with van der Waals surface area (Å²) in [4.78, 5) is 2.23. The molecule has 2 rings (SSSR count). The van der Waals surface area contributed by atoms with Gasteiger partial charge in [-0.2, -0.15) is 5.26 Å². The van der Waals surface area contributed by atoms with Gasteiger partial charge in [0.15, 0.2) is 0 Å². The predicted molar refractivity (Wildman–Crippen MR) is 64.0 cm³/mol. The molecule has 1 fully saturated rings. The van der Waals surface area contributed by atoms with Crippen molar-refractivity contribution in [3.05, 3.63) is 35.9 Å². The molecule has 1 heterocycles. The van der Waals surface area contributed by atoms with E-state index in [4.69, 9.17) is 5.26 Å². The van der Waals surface area contributed by atoms with Gasteiger partial charge in [-0.05, 0) is 12.6 Å². The van der Waals surface area contributed by atoms with Crippen LogP contribution in [-0.4, -0.2) is 37.1 Å². The van der Waals surface area contributed by atoms with Gasteiger partial charge in [0.1, 0.15) is 6.04 Å². The number of hydrogen-bond acceptors (Lipinski definition) is 3. The first-order valence-electron chi connectivity index (χ1n) is 5.68. The van der Waals surface area contributed by atoms with Crippen molar-refractivity contribution in [3.63, 3.8) is 0 Å². The largest absolute Gasteiger partial charge is 0.315 e. The summed E-state index contributed by atoms with van der Waals surface area (Å²) in [5, 5.41) is 12.4. The Morgan fingerprint density at radius 1 is 1.44 bits per heavy atom. The van der Waals surface area contributed by atoms with E-state index in [1.54, 1.807) is 0 Å². The lowest BCUT2D eigenvalue weighted by Crippen LogP contribution is -2.60. The number of rotatable bonds is 4. The zero-order valence-electron chi connectivity index (χ0n) is 9.56. The maximum absolute atomic E-state index is 9.17. The van der Waals surface area contributed by atoms with E-state index in [0.29, 0.717) is 6.04 Å². The molecule has 0 bridgehead atoms. The number of hydrogen-bond donors (Lipinski definition) is 1. The van der Waals surface area contributed by atoms with Crippen molar-refractivity contribution in [1.82, 2.24) is 10.2 Å². The Hall–Kier alpha value is -1.37. The summed E-state index contributed by atoms with van der Waals surface area (Å²) in [7, 11) is 1.97. The monoisotopic (exact) mass is 215 g/mol. The zero-order valence-corrected chi connectivity index (χ0v) is 9.56. The maximum Gasteiger partial charge on any atom is 0.102 e. The van der Waals surface area contributed by atoms with E-state index in [2.05, 4.69) is 28.4 Å². The third-order valence-corrected chi connectivity index (χ3v) is 3.18. The van der Waals surface area contributed by atoms with Gasteiger partial charge in [-0.3, -0.25) is 4.90 Å². The molecule has 1 aliphatic rings. The molecule has 1 atom stereocenters. The number of nitrogens with one attached hydrogen (secondary N) is 1. The van der Waals surface area contributed by atoms with Gasteiger partial charge in [-0.1, -0.05) is 30.3 Å². The fourth-order valence-electron chi connectivity index (χ4n) is 2.04. The third-order valence-electron chi connectivity index (χ3n) is 3.18. The van der Waals surface area contributed by atoms with Crippen LogP contribution in [-0.2, 0) is 6.42 Å². The molecule has 0 radical (unpaired) electrons. The van der Waals surface area contributed by atoms with Crippen LogP contribution in [0.25, 0.3) is 0 Å². The summed E-state index contributed by atoms with van der Waals surface area (Å²) in [6.45, 7) is 1.98. The van der Waals surface area contributed by atoms with Crippen LogP contribution >= 0.6 is 0 Å². The lowest BCUT2D eigenvalue weighted by Gasteiger charge is -2.41. The molecule has 0 aliphatic carbocycles. The molecule has 1 aromatic rings. The summed E-state index contributed by atoms with van der Waals surface area (Å²) in [6.07, 6.45) is 0.827. The molecule has 0 amide bonds. The van der Waals surface area contributed by atoms with Gasteiger partial charge < -0.3 is 5.32 Å². The van der Waals surface area contributed by atoms with Gasteiger partial charge in [0.25, 0.3) is 0 Å². The Morgan fingerprint density at radius 3 is 2.69 bits per heavy atom. The van der Waals surface area contributed by atoms with Gasteiger partial charge in [0.2, 0.25) is 0 Å². The minimum atomic E-state index is 0.0204. The van der Waals surface area contributed by atoms with Gasteiger partial charge >= 0.3 is 0 Å². The Kier molecular flexibility index (Phi) is 3.55. The van der Waals surface area contributed by atoms with Crippen LogP contribution in [0.3, 0.4) is 0 Å². The van der Waals surface area contributed by atoms with Crippen molar-refractivity contribution < 1.29 is 0 Å². The van der Waals surface area contributed by atoms with Crippen LogP contribution in [0.5, 0.6) is 0 Å². The van der Waals surface area contributed by atoms with Gasteiger partial charge in [0.05, 0.1) is 6.07 Å². The highest BCUT2D eigenvalue weighted by molar-refractivity contribution is 5.18. The first kappa shape index (κ1) is 11.1. The van der Waals surface area contributed by atoms with Crippen molar-refractivity contribution in [2.45, 2.75) is 18.5 Å². The highest BCUT2D eigenvalue weighted by Gasteiger charge is 2.31. The summed E-state index contributed by atoms with van der Waals surface area (Å²) in [6, 6.07) is 13.2. The topological polar surface area (TPSA) is 39.1 Å². The molecule has 3 heteroatoms. The second kappa shape index (κ2) is 5.11. The van der Waals surface area contributed by atoms with Crippen molar-refractivity contribution in [1.29, 1.82) is 5.26 Å². The van der Waals surface area contributed by atoms with Crippen LogP contribution in [0.1, 0.15) is 5.56 Å². The number of nitriles is 1. The van der Waals surface area contributed by atoms with Gasteiger partial charge in [-0.15, -0.1) is 0 Å². The molecule has 3 nitrogen and oxygen atoms in total. The lowest BCUT2D eigenvalue weighted by atomic mass is 10.0. The quantitative estimate of drug-likeness (QED) is 0.815. The standard InChI is InChI=1S/C13H17N3/c1-15-12-9-16(10-12)13(8-14)7-11-5-3-2-4-6-11/h2-6,12-13,15H,7,9-10H2,1H3. The fraction of sp³-hybridized carbons (Fsp3) is 0.462. The predicted octanol–water partition coefficient (Wildman–Crippen LogP) is 1.02. The van der Waals surface area contributed by atoms with E-state index in [9.17, 15) is 0 Å². The number of benzene rings is 1. The smallest absolute Gasteiger partial charge is 0.102 e. The minimum absolute atomic E-state index is 0.0204. The Labute approximate surface area is 96.7 Å². The second-order valence-electron chi connectivity index (χ2n) is 4.27. The van der Waals surface area contributed by atoms with Crippen LogP contribution in [0.15, 0.2) is 30.3 Å². The highest BCUT2D eigenvalue weighted by atomic mass is 15.3. The summed E-state index contributed by atoms with van der Waals surface area (Å²) in [5.74, 6) is 0. The van der Waals surface area contributed by atoms with Crippen molar-refractivity contribution in [2.75, 3.05) is 20.1 Å². The average Bonchev–Trinajstić information content (AvgIpc) is 2.27. The molecule has 1 saturated heterocycles. The van der Waals surface area contributed by atoms with Crippen LogP contribution in [0.4, 0.5) is 0 Å². The summed E-state index contributed by atoms with van der Waals surface area (Å²) < 4.78 is 0. The van der Waals surface area contributed by atoms with Crippen molar-refractivity contribution >= 4 is 0 Å². The lowest BCUT2D eigenvalue weighted by molar-refractivity contribution is 0.104. The summed E-state index contributed by atoms with van der Waals surface area (Å²) in [5.41, 5.74) is 1.24. The number of nitrogens with zero attached hydrogens (tertiary/aromatic N) is 2. The Balaban J connectivity index is 1.91. The highest BCUT2D eigenvalue weighted by Crippen LogP contribution is 2.15. The van der Waals surface area contributed by atoms with E-state index < -0.39 is 0 Å². The third kappa shape index (κ3) is 2.41. The first-order chi connectivity index (χ1) is 7.83. The molecule has 1 aromatic carbocycles. The van der Waals surface area contributed by atoms with Crippen LogP contribution in [0.2, 0.25) is 0 Å². The van der Waals surface area contributed by atoms with E-state index >= 15 is 0 Å². The maximum atomic E-state index is 9.17. The molecule has 0 aromatic heterocycles. The minimum Gasteiger partial charge on any atom is -0.315 e. The summed E-state index contributed by atoms with van der Waals surface area (Å²) >= 11 is 0. The van der Waals surface area contributed by atoms with Crippen LogP contribution in [0, 0.1) is 11.3 Å². The molecule has 0 saturated carbocycles.